The number of carbonyl (C=O) groups is 2. The van der Waals surface area contributed by atoms with Gasteiger partial charge in [0.1, 0.15) is 5.78 Å². The molecule has 0 aromatic rings. The molecule has 13 heavy (non-hydrogen) atoms. The zero-order valence-corrected chi connectivity index (χ0v) is 8.33. The second-order valence-corrected chi connectivity index (χ2v) is 3.95. The molecule has 0 radical (unpaired) electrons. The third kappa shape index (κ3) is 6.08. The molecule has 0 spiro atoms. The van der Waals surface area contributed by atoms with Crippen LogP contribution >= 0.6 is 0 Å². The summed E-state index contributed by atoms with van der Waals surface area (Å²) in [6, 6.07) is 0. The summed E-state index contributed by atoms with van der Waals surface area (Å²) >= 11 is 0. The van der Waals surface area contributed by atoms with Gasteiger partial charge in [-0.25, -0.2) is 0 Å². The molecular formula is C10H16O3. The molecule has 0 unspecified atom stereocenters. The standard InChI is InChI=1S/C10H16O3/c1-10(2,3)8(11)6-4-5-7-9(12)13/h4-5H,6-7H2,1-3H3,(H,12,13)/b5-4+. The lowest BCUT2D eigenvalue weighted by Crippen LogP contribution is -2.18. The van der Waals surface area contributed by atoms with Crippen molar-refractivity contribution in [1.29, 1.82) is 0 Å². The molecule has 1 N–H and O–H groups in total. The lowest BCUT2D eigenvalue weighted by molar-refractivity contribution is -0.136. The van der Waals surface area contributed by atoms with E-state index in [0.717, 1.165) is 0 Å². The van der Waals surface area contributed by atoms with E-state index in [4.69, 9.17) is 5.11 Å². The van der Waals surface area contributed by atoms with E-state index in [-0.39, 0.29) is 17.6 Å². The van der Waals surface area contributed by atoms with Crippen molar-refractivity contribution in [1.82, 2.24) is 0 Å². The highest BCUT2D eigenvalue weighted by atomic mass is 16.4. The van der Waals surface area contributed by atoms with Gasteiger partial charge < -0.3 is 5.11 Å². The zero-order chi connectivity index (χ0) is 10.5. The first-order chi connectivity index (χ1) is 5.84. The molecule has 0 bridgehead atoms. The molecule has 0 rings (SSSR count). The molecule has 3 nitrogen and oxygen atoms in total. The molecule has 0 aliphatic rings. The Hall–Kier alpha value is -1.12. The molecule has 0 aliphatic carbocycles. The summed E-state index contributed by atoms with van der Waals surface area (Å²) < 4.78 is 0. The van der Waals surface area contributed by atoms with Crippen molar-refractivity contribution in [2.45, 2.75) is 33.6 Å². The number of aliphatic carboxylic acids is 1. The van der Waals surface area contributed by atoms with Gasteiger partial charge in [-0.1, -0.05) is 32.9 Å². The molecule has 0 saturated heterocycles. The Morgan fingerprint density at radius 3 is 2.00 bits per heavy atom. The second kappa shape index (κ2) is 4.80. The summed E-state index contributed by atoms with van der Waals surface area (Å²) in [5.74, 6) is -0.756. The fourth-order valence-corrected chi connectivity index (χ4v) is 0.681. The van der Waals surface area contributed by atoms with Crippen LogP contribution in [0.3, 0.4) is 0 Å². The van der Waals surface area contributed by atoms with Crippen LogP contribution in [0.5, 0.6) is 0 Å². The fourth-order valence-electron chi connectivity index (χ4n) is 0.681. The van der Waals surface area contributed by atoms with E-state index in [1.54, 1.807) is 6.08 Å². The van der Waals surface area contributed by atoms with Crippen LogP contribution in [0.4, 0.5) is 0 Å². The average Bonchev–Trinajstić information content (AvgIpc) is 1.95. The minimum Gasteiger partial charge on any atom is -0.481 e. The number of carboxylic acids is 1. The Kier molecular flexibility index (Phi) is 4.38. The first kappa shape index (κ1) is 11.9. The number of hydrogen-bond donors (Lipinski definition) is 1. The topological polar surface area (TPSA) is 54.4 Å². The Balaban J connectivity index is 3.84. The van der Waals surface area contributed by atoms with E-state index in [9.17, 15) is 9.59 Å². The van der Waals surface area contributed by atoms with Crippen molar-refractivity contribution < 1.29 is 14.7 Å². The average molecular weight is 184 g/mol. The second-order valence-electron chi connectivity index (χ2n) is 3.95. The van der Waals surface area contributed by atoms with Crippen LogP contribution in [0.15, 0.2) is 12.2 Å². The van der Waals surface area contributed by atoms with Gasteiger partial charge in [0.2, 0.25) is 0 Å². The molecule has 0 fully saturated rings. The maximum absolute atomic E-state index is 11.3. The number of carboxylic acid groups (broad SMARTS) is 1. The van der Waals surface area contributed by atoms with Gasteiger partial charge in [0, 0.05) is 11.8 Å². The lowest BCUT2D eigenvalue weighted by Gasteiger charge is -2.14. The predicted molar refractivity (Wildman–Crippen MR) is 50.5 cm³/mol. The van der Waals surface area contributed by atoms with Crippen molar-refractivity contribution >= 4 is 11.8 Å². The molecule has 0 saturated carbocycles. The minimum atomic E-state index is -0.876. The monoisotopic (exact) mass is 184 g/mol. The Bertz CT molecular complexity index is 221. The van der Waals surface area contributed by atoms with Crippen molar-refractivity contribution in [3.05, 3.63) is 12.2 Å². The summed E-state index contributed by atoms with van der Waals surface area (Å²) in [5, 5.41) is 8.30. The number of rotatable bonds is 4. The van der Waals surface area contributed by atoms with Gasteiger partial charge in [0.15, 0.2) is 0 Å². The Labute approximate surface area is 78.5 Å². The largest absolute Gasteiger partial charge is 0.481 e. The van der Waals surface area contributed by atoms with E-state index < -0.39 is 5.97 Å². The van der Waals surface area contributed by atoms with Gasteiger partial charge in [-0.15, -0.1) is 0 Å². The number of allylic oxidation sites excluding steroid dienone is 1. The lowest BCUT2D eigenvalue weighted by atomic mass is 9.89. The van der Waals surface area contributed by atoms with Crippen LogP contribution in [0.1, 0.15) is 33.6 Å². The molecule has 0 aromatic carbocycles. The Morgan fingerprint density at radius 2 is 1.62 bits per heavy atom. The van der Waals surface area contributed by atoms with Gasteiger partial charge in [-0.3, -0.25) is 9.59 Å². The normalized spacial score (nSPS) is 11.9. The molecule has 0 amide bonds. The Morgan fingerprint density at radius 1 is 1.15 bits per heavy atom. The minimum absolute atomic E-state index is 0.0164. The van der Waals surface area contributed by atoms with Crippen LogP contribution in [-0.4, -0.2) is 16.9 Å². The van der Waals surface area contributed by atoms with Crippen molar-refractivity contribution in [2.24, 2.45) is 5.41 Å². The first-order valence-electron chi connectivity index (χ1n) is 4.24. The van der Waals surface area contributed by atoms with Crippen LogP contribution in [0, 0.1) is 5.41 Å². The van der Waals surface area contributed by atoms with Crippen LogP contribution in [-0.2, 0) is 9.59 Å². The van der Waals surface area contributed by atoms with Gasteiger partial charge in [-0.05, 0) is 0 Å². The van der Waals surface area contributed by atoms with Crippen molar-refractivity contribution in [2.75, 3.05) is 0 Å². The fraction of sp³-hybridized carbons (Fsp3) is 0.600. The third-order valence-corrected chi connectivity index (χ3v) is 1.60. The van der Waals surface area contributed by atoms with E-state index in [2.05, 4.69) is 0 Å². The molecule has 0 aromatic heterocycles. The molecule has 0 aliphatic heterocycles. The van der Waals surface area contributed by atoms with Crippen molar-refractivity contribution in [3.63, 3.8) is 0 Å². The summed E-state index contributed by atoms with van der Waals surface area (Å²) in [5.41, 5.74) is -0.340. The highest BCUT2D eigenvalue weighted by Crippen LogP contribution is 2.16. The molecule has 74 valence electrons. The highest BCUT2D eigenvalue weighted by molar-refractivity contribution is 5.84. The van der Waals surface area contributed by atoms with E-state index in [1.165, 1.54) is 6.08 Å². The van der Waals surface area contributed by atoms with Gasteiger partial charge in [0.25, 0.3) is 0 Å². The van der Waals surface area contributed by atoms with Gasteiger partial charge >= 0.3 is 5.97 Å². The summed E-state index contributed by atoms with van der Waals surface area (Å²) in [4.78, 5) is 21.4. The third-order valence-electron chi connectivity index (χ3n) is 1.60. The maximum Gasteiger partial charge on any atom is 0.307 e. The highest BCUT2D eigenvalue weighted by Gasteiger charge is 2.18. The molecule has 0 heterocycles. The number of Topliss-reactive ketones (excluding diaryl/α,β-unsaturated/α-hetero) is 1. The van der Waals surface area contributed by atoms with Gasteiger partial charge in [-0.2, -0.15) is 0 Å². The molecule has 3 heteroatoms. The van der Waals surface area contributed by atoms with E-state index in [1.807, 2.05) is 20.8 Å². The predicted octanol–water partition coefficient (Wildman–Crippen LogP) is 2.02. The number of ketones is 1. The molecular weight excluding hydrogens is 168 g/mol. The van der Waals surface area contributed by atoms with Gasteiger partial charge in [0.05, 0.1) is 6.42 Å². The van der Waals surface area contributed by atoms with Crippen molar-refractivity contribution in [3.8, 4) is 0 Å². The summed E-state index contributed by atoms with van der Waals surface area (Å²) in [6.07, 6.45) is 3.42. The van der Waals surface area contributed by atoms with Crippen LogP contribution in [0.25, 0.3) is 0 Å². The van der Waals surface area contributed by atoms with E-state index >= 15 is 0 Å². The quantitative estimate of drug-likeness (QED) is 0.680. The maximum atomic E-state index is 11.3. The van der Waals surface area contributed by atoms with E-state index in [0.29, 0.717) is 6.42 Å². The molecule has 0 atom stereocenters. The number of hydrogen-bond acceptors (Lipinski definition) is 2. The smallest absolute Gasteiger partial charge is 0.307 e. The summed E-state index contributed by atoms with van der Waals surface area (Å²) in [7, 11) is 0. The van der Waals surface area contributed by atoms with Crippen LogP contribution in [0.2, 0.25) is 0 Å². The zero-order valence-electron chi connectivity index (χ0n) is 8.33. The summed E-state index contributed by atoms with van der Waals surface area (Å²) in [6.45, 7) is 5.54. The number of carbonyl (C=O) groups excluding carboxylic acids is 1. The van der Waals surface area contributed by atoms with Crippen LogP contribution < -0.4 is 0 Å². The SMILES string of the molecule is CC(C)(C)C(=O)C/C=C/CC(=O)O. The first-order valence-corrected chi connectivity index (χ1v) is 4.24.